The molecule has 7 heteroatoms. The van der Waals surface area contributed by atoms with Crippen LogP contribution in [0.3, 0.4) is 0 Å². The number of nitrogens with two attached hydrogens (primary N) is 1. The lowest BCUT2D eigenvalue weighted by molar-refractivity contribution is 0.601. The average Bonchev–Trinajstić information content (AvgIpc) is 2.32. The van der Waals surface area contributed by atoms with E-state index in [2.05, 4.69) is 24.2 Å². The summed E-state index contributed by atoms with van der Waals surface area (Å²) in [6.07, 6.45) is 1.21. The van der Waals surface area contributed by atoms with Crippen molar-refractivity contribution in [1.82, 2.24) is 5.32 Å². The van der Waals surface area contributed by atoms with Crippen LogP contribution in [0.15, 0.2) is 28.1 Å². The van der Waals surface area contributed by atoms with Crippen LogP contribution in [0.5, 0.6) is 0 Å². The lowest BCUT2D eigenvalue weighted by Gasteiger charge is -2.08. The number of hydrogen-bond acceptors (Lipinski definition) is 3. The number of benzene rings is 1. The molecule has 0 saturated carbocycles. The molecule has 0 aliphatic heterocycles. The number of rotatable bonds is 5. The van der Waals surface area contributed by atoms with E-state index in [1.54, 1.807) is 19.1 Å². The summed E-state index contributed by atoms with van der Waals surface area (Å²) in [5.41, 5.74) is 7.41. The first kappa shape index (κ1) is 20.2. The first-order chi connectivity index (χ1) is 9.20. The quantitative estimate of drug-likeness (QED) is 0.430. The summed E-state index contributed by atoms with van der Waals surface area (Å²) in [6.45, 7) is 7.17. The van der Waals surface area contributed by atoms with Gasteiger partial charge in [0, 0.05) is 12.8 Å². The maximum absolute atomic E-state index is 11.5. The minimum absolute atomic E-state index is 0. The van der Waals surface area contributed by atoms with Gasteiger partial charge in [-0.05, 0) is 30.0 Å². The molecule has 1 aromatic carbocycles. The molecule has 0 saturated heterocycles. The van der Waals surface area contributed by atoms with Crippen LogP contribution in [-0.4, -0.2) is 27.2 Å². The molecule has 0 spiro atoms. The Morgan fingerprint density at radius 1 is 1.38 bits per heavy atom. The minimum atomic E-state index is -3.17. The van der Waals surface area contributed by atoms with Crippen LogP contribution in [0, 0.1) is 12.8 Å². The predicted molar refractivity (Wildman–Crippen MR) is 97.9 cm³/mol. The Bertz CT molecular complexity index is 598. The third kappa shape index (κ3) is 7.12. The molecule has 1 rings (SSSR count). The van der Waals surface area contributed by atoms with Crippen LogP contribution in [0.1, 0.15) is 25.0 Å². The second-order valence-corrected chi connectivity index (χ2v) is 7.33. The molecule has 1 aromatic rings. The van der Waals surface area contributed by atoms with E-state index in [-0.39, 0.29) is 24.0 Å². The Kier molecular flexibility index (Phi) is 8.23. The van der Waals surface area contributed by atoms with Gasteiger partial charge in [0.05, 0.1) is 11.4 Å². The number of sulfone groups is 1. The van der Waals surface area contributed by atoms with E-state index < -0.39 is 9.84 Å². The summed E-state index contributed by atoms with van der Waals surface area (Å²) < 4.78 is 23.0. The average molecular weight is 425 g/mol. The van der Waals surface area contributed by atoms with Crippen molar-refractivity contribution >= 4 is 39.8 Å². The number of aryl methyl sites for hydroxylation is 1. The summed E-state index contributed by atoms with van der Waals surface area (Å²) in [7, 11) is -3.17. The van der Waals surface area contributed by atoms with Gasteiger partial charge in [-0.3, -0.25) is 0 Å². The maximum Gasteiger partial charge on any atom is 0.188 e. The molecule has 0 heterocycles. The first-order valence-corrected chi connectivity index (χ1v) is 8.42. The van der Waals surface area contributed by atoms with Gasteiger partial charge in [-0.15, -0.1) is 24.0 Å². The summed E-state index contributed by atoms with van der Waals surface area (Å²) in [4.78, 5) is 4.59. The van der Waals surface area contributed by atoms with Gasteiger partial charge in [-0.1, -0.05) is 26.0 Å². The van der Waals surface area contributed by atoms with E-state index in [0.29, 0.717) is 23.3 Å². The Labute approximate surface area is 144 Å². The number of nitrogens with zero attached hydrogens (tertiary/aromatic N) is 1. The zero-order valence-electron chi connectivity index (χ0n) is 12.9. The Balaban J connectivity index is 0.00000400. The minimum Gasteiger partial charge on any atom is -0.370 e. The molecule has 0 unspecified atom stereocenters. The smallest absolute Gasteiger partial charge is 0.188 e. The van der Waals surface area contributed by atoms with Crippen molar-refractivity contribution in [3.8, 4) is 0 Å². The highest BCUT2D eigenvalue weighted by molar-refractivity contribution is 14.0. The monoisotopic (exact) mass is 425 g/mol. The lowest BCUT2D eigenvalue weighted by atomic mass is 10.1. The third-order valence-electron chi connectivity index (χ3n) is 2.76. The molecule has 0 radical (unpaired) electrons. The fourth-order valence-corrected chi connectivity index (χ4v) is 2.73. The van der Waals surface area contributed by atoms with E-state index in [4.69, 9.17) is 5.73 Å². The second-order valence-electron chi connectivity index (χ2n) is 5.35. The summed E-state index contributed by atoms with van der Waals surface area (Å²) >= 11 is 0. The van der Waals surface area contributed by atoms with Crippen molar-refractivity contribution in [3.05, 3.63) is 29.3 Å². The highest BCUT2D eigenvalue weighted by atomic mass is 127. The van der Waals surface area contributed by atoms with E-state index in [0.717, 1.165) is 17.7 Å². The highest BCUT2D eigenvalue weighted by Gasteiger charge is 2.10. The first-order valence-electron chi connectivity index (χ1n) is 6.53. The molecule has 0 aliphatic rings. The van der Waals surface area contributed by atoms with E-state index in [1.807, 2.05) is 6.07 Å². The van der Waals surface area contributed by atoms with Gasteiger partial charge in [0.25, 0.3) is 0 Å². The van der Waals surface area contributed by atoms with Gasteiger partial charge in [-0.2, -0.15) is 0 Å². The summed E-state index contributed by atoms with van der Waals surface area (Å²) in [5, 5.41) is 3.03. The largest absolute Gasteiger partial charge is 0.370 e. The number of hydrogen-bond donors (Lipinski definition) is 2. The fraction of sp³-hybridized carbons (Fsp3) is 0.500. The van der Waals surface area contributed by atoms with Crippen LogP contribution >= 0.6 is 24.0 Å². The van der Waals surface area contributed by atoms with Crippen molar-refractivity contribution in [2.75, 3.05) is 12.8 Å². The van der Waals surface area contributed by atoms with Crippen LogP contribution in [0.2, 0.25) is 0 Å². The molecule has 120 valence electrons. The van der Waals surface area contributed by atoms with Crippen molar-refractivity contribution in [2.45, 2.75) is 32.2 Å². The topological polar surface area (TPSA) is 84.5 Å². The molecule has 5 nitrogen and oxygen atoms in total. The summed E-state index contributed by atoms with van der Waals surface area (Å²) in [6, 6.07) is 5.21. The number of nitrogens with one attached hydrogen (secondary N) is 1. The van der Waals surface area contributed by atoms with Crippen LogP contribution in [0.25, 0.3) is 0 Å². The second kappa shape index (κ2) is 8.57. The SMILES string of the molecule is Cc1cc(CN=C(N)NCC(C)C)ccc1S(C)(=O)=O.I. The zero-order chi connectivity index (χ0) is 15.3. The van der Waals surface area contributed by atoms with Crippen molar-refractivity contribution in [3.63, 3.8) is 0 Å². The molecule has 21 heavy (non-hydrogen) atoms. The molecular weight excluding hydrogens is 401 g/mol. The molecule has 0 aromatic heterocycles. The normalized spacial score (nSPS) is 12.1. The van der Waals surface area contributed by atoms with Gasteiger partial charge >= 0.3 is 0 Å². The van der Waals surface area contributed by atoms with E-state index >= 15 is 0 Å². The van der Waals surface area contributed by atoms with Gasteiger partial charge in [0.15, 0.2) is 15.8 Å². The fourth-order valence-electron chi connectivity index (χ4n) is 1.77. The number of aliphatic imine (C=N–C) groups is 1. The molecule has 0 aliphatic carbocycles. The third-order valence-corrected chi connectivity index (χ3v) is 4.02. The predicted octanol–water partition coefficient (Wildman–Crippen LogP) is 2.08. The lowest BCUT2D eigenvalue weighted by Crippen LogP contribution is -2.34. The van der Waals surface area contributed by atoms with E-state index in [9.17, 15) is 8.42 Å². The van der Waals surface area contributed by atoms with Crippen molar-refractivity contribution < 1.29 is 8.42 Å². The number of halogens is 1. The molecule has 0 amide bonds. The Hall–Kier alpha value is -0.830. The Morgan fingerprint density at radius 2 is 2.00 bits per heavy atom. The van der Waals surface area contributed by atoms with Gasteiger partial charge < -0.3 is 11.1 Å². The highest BCUT2D eigenvalue weighted by Crippen LogP contribution is 2.17. The molecular formula is C14H24IN3O2S. The molecule has 0 bridgehead atoms. The molecule has 0 atom stereocenters. The van der Waals surface area contributed by atoms with Crippen LogP contribution in [0.4, 0.5) is 0 Å². The maximum atomic E-state index is 11.5. The van der Waals surface area contributed by atoms with Crippen molar-refractivity contribution in [1.29, 1.82) is 0 Å². The summed E-state index contributed by atoms with van der Waals surface area (Å²) in [5.74, 6) is 0.906. The molecule has 0 fully saturated rings. The van der Waals surface area contributed by atoms with Crippen LogP contribution < -0.4 is 11.1 Å². The Morgan fingerprint density at radius 3 is 2.48 bits per heavy atom. The number of guanidine groups is 1. The van der Waals surface area contributed by atoms with Gasteiger partial charge in [-0.25, -0.2) is 13.4 Å². The molecule has 3 N–H and O–H groups in total. The van der Waals surface area contributed by atoms with Crippen LogP contribution in [-0.2, 0) is 16.4 Å². The van der Waals surface area contributed by atoms with Gasteiger partial charge in [0.1, 0.15) is 0 Å². The van der Waals surface area contributed by atoms with E-state index in [1.165, 1.54) is 6.26 Å². The van der Waals surface area contributed by atoms with Crippen molar-refractivity contribution in [2.24, 2.45) is 16.6 Å². The van der Waals surface area contributed by atoms with Gasteiger partial charge in [0.2, 0.25) is 0 Å². The zero-order valence-corrected chi connectivity index (χ0v) is 16.0. The standard InChI is InChI=1S/C14H23N3O2S.HI/c1-10(2)8-16-14(15)17-9-12-5-6-13(11(3)7-12)20(4,18)19;/h5-7,10H,8-9H2,1-4H3,(H3,15,16,17);1H.